The van der Waals surface area contributed by atoms with E-state index < -0.39 is 0 Å². The lowest BCUT2D eigenvalue weighted by Gasteiger charge is -2.26. The van der Waals surface area contributed by atoms with Crippen molar-refractivity contribution >= 4 is 82.2 Å². The Morgan fingerprint density at radius 1 is 0.181 bits per heavy atom. The maximum absolute atomic E-state index is 2.43. The van der Waals surface area contributed by atoms with Gasteiger partial charge in [-0.25, -0.2) is 0 Å². The number of nitrogens with zero attached hydrogens (tertiary/aromatic N) is 3. The van der Waals surface area contributed by atoms with E-state index in [0.717, 1.165) is 39.5 Å². The van der Waals surface area contributed by atoms with Gasteiger partial charge in [-0.2, -0.15) is 0 Å². The molecule has 3 nitrogen and oxygen atoms in total. The van der Waals surface area contributed by atoms with Gasteiger partial charge in [-0.3, -0.25) is 0 Å². The zero-order chi connectivity index (χ0) is 54.8. The van der Waals surface area contributed by atoms with Crippen molar-refractivity contribution in [3.63, 3.8) is 0 Å². The fraction of sp³-hybridized carbons (Fsp3) is 0. The number of aromatic nitrogens is 2. The summed E-state index contributed by atoms with van der Waals surface area (Å²) in [5.74, 6) is 0. The Balaban J connectivity index is 0.761. The second-order valence-corrected chi connectivity index (χ2v) is 21.7. The van der Waals surface area contributed by atoms with Gasteiger partial charge < -0.3 is 14.0 Å². The van der Waals surface area contributed by atoms with Gasteiger partial charge in [0, 0.05) is 50.0 Å². The second kappa shape index (κ2) is 20.0. The van der Waals surface area contributed by atoms with E-state index in [9.17, 15) is 0 Å². The number of rotatable bonds is 10. The Kier molecular flexibility index (Phi) is 11.5. The molecule has 14 aromatic carbocycles. The van der Waals surface area contributed by atoms with Crippen molar-refractivity contribution in [3.8, 4) is 67.0 Å². The third kappa shape index (κ3) is 8.54. The van der Waals surface area contributed by atoms with Crippen molar-refractivity contribution in [1.29, 1.82) is 0 Å². The third-order valence-corrected chi connectivity index (χ3v) is 16.9. The molecule has 0 aliphatic rings. The average Bonchev–Trinajstić information content (AvgIpc) is 2.62. The van der Waals surface area contributed by atoms with Gasteiger partial charge in [0.15, 0.2) is 0 Å². The number of para-hydroxylation sites is 3. The number of fused-ring (bicyclic) bond motifs is 8. The van der Waals surface area contributed by atoms with E-state index >= 15 is 0 Å². The summed E-state index contributed by atoms with van der Waals surface area (Å²) in [4.78, 5) is 2.35. The maximum Gasteiger partial charge on any atom is 0.0541 e. The van der Waals surface area contributed by atoms with Crippen LogP contribution in [0.1, 0.15) is 0 Å². The van der Waals surface area contributed by atoms with Crippen LogP contribution in [0.2, 0.25) is 0 Å². The largest absolute Gasteiger partial charge is 0.311 e. The molecule has 2 heterocycles. The van der Waals surface area contributed by atoms with Gasteiger partial charge in [-0.1, -0.05) is 206 Å². The first-order valence-electron chi connectivity index (χ1n) is 28.5. The van der Waals surface area contributed by atoms with E-state index in [2.05, 4.69) is 336 Å². The Morgan fingerprint density at radius 3 is 0.952 bits per heavy atom. The van der Waals surface area contributed by atoms with Crippen LogP contribution in [0.5, 0.6) is 0 Å². The van der Waals surface area contributed by atoms with Crippen LogP contribution in [0, 0.1) is 0 Å². The summed E-state index contributed by atoms with van der Waals surface area (Å²) in [5.41, 5.74) is 22.2. The Bertz CT molecular complexity index is 4910. The minimum absolute atomic E-state index is 1.08. The quantitative estimate of drug-likeness (QED) is 0.133. The summed E-state index contributed by atoms with van der Waals surface area (Å²) in [6.07, 6.45) is 0. The molecular formula is C80H53N3. The van der Waals surface area contributed by atoms with E-state index in [-0.39, 0.29) is 0 Å². The molecule has 0 bridgehead atoms. The van der Waals surface area contributed by atoms with E-state index in [0.29, 0.717) is 0 Å². The molecule has 0 radical (unpaired) electrons. The van der Waals surface area contributed by atoms with E-state index in [1.54, 1.807) is 0 Å². The third-order valence-electron chi connectivity index (χ3n) is 16.9. The number of hydrogen-bond donors (Lipinski definition) is 0. The van der Waals surface area contributed by atoms with Gasteiger partial charge in [0.25, 0.3) is 0 Å². The highest BCUT2D eigenvalue weighted by Gasteiger charge is 2.19. The number of benzene rings is 14. The minimum atomic E-state index is 1.08. The van der Waals surface area contributed by atoms with Gasteiger partial charge in [0.05, 0.1) is 22.1 Å². The molecule has 0 amide bonds. The summed E-state index contributed by atoms with van der Waals surface area (Å²) < 4.78 is 4.80. The monoisotopic (exact) mass is 1060 g/mol. The van der Waals surface area contributed by atoms with Crippen molar-refractivity contribution in [2.75, 3.05) is 4.90 Å². The molecule has 3 heteroatoms. The van der Waals surface area contributed by atoms with E-state index in [4.69, 9.17) is 0 Å². The summed E-state index contributed by atoms with van der Waals surface area (Å²) in [5, 5.41) is 9.92. The normalized spacial score (nSPS) is 11.6. The van der Waals surface area contributed by atoms with Crippen LogP contribution in [0.3, 0.4) is 0 Å². The first kappa shape index (κ1) is 48.0. The lowest BCUT2D eigenvalue weighted by Crippen LogP contribution is -2.10. The van der Waals surface area contributed by atoms with Gasteiger partial charge in [0.1, 0.15) is 0 Å². The molecule has 0 aliphatic carbocycles. The Hall–Kier alpha value is -11.0. The lowest BCUT2D eigenvalue weighted by molar-refractivity contribution is 1.17. The molecule has 0 unspecified atom stereocenters. The molecule has 388 valence electrons. The van der Waals surface area contributed by atoms with Crippen LogP contribution < -0.4 is 4.90 Å². The summed E-state index contributed by atoms with van der Waals surface area (Å²) in [6, 6.07) is 118. The zero-order valence-corrected chi connectivity index (χ0v) is 45.4. The number of anilines is 3. The Morgan fingerprint density at radius 2 is 0.482 bits per heavy atom. The van der Waals surface area contributed by atoms with Crippen molar-refractivity contribution in [2.24, 2.45) is 0 Å². The summed E-state index contributed by atoms with van der Waals surface area (Å²) >= 11 is 0. The van der Waals surface area contributed by atoms with Crippen molar-refractivity contribution in [1.82, 2.24) is 9.13 Å². The summed E-state index contributed by atoms with van der Waals surface area (Å²) in [6.45, 7) is 0. The molecule has 0 aliphatic heterocycles. The van der Waals surface area contributed by atoms with E-state index in [1.165, 1.54) is 110 Å². The molecule has 2 aromatic heterocycles. The fourth-order valence-electron chi connectivity index (χ4n) is 12.7. The molecule has 83 heavy (non-hydrogen) atoms. The molecule has 16 aromatic rings. The van der Waals surface area contributed by atoms with Gasteiger partial charge in [-0.05, 0) is 192 Å². The van der Waals surface area contributed by atoms with Crippen molar-refractivity contribution in [3.05, 3.63) is 322 Å². The minimum Gasteiger partial charge on any atom is -0.311 e. The highest BCUT2D eigenvalue weighted by Crippen LogP contribution is 2.42. The van der Waals surface area contributed by atoms with Crippen LogP contribution in [-0.2, 0) is 0 Å². The molecular weight excluding hydrogens is 1000 g/mol. The maximum atomic E-state index is 2.43. The lowest BCUT2D eigenvalue weighted by atomic mass is 9.96. The van der Waals surface area contributed by atoms with Crippen LogP contribution in [0.4, 0.5) is 17.1 Å². The van der Waals surface area contributed by atoms with Gasteiger partial charge in [0.2, 0.25) is 0 Å². The van der Waals surface area contributed by atoms with Crippen LogP contribution in [0.25, 0.3) is 132 Å². The van der Waals surface area contributed by atoms with E-state index in [1.807, 2.05) is 0 Å². The van der Waals surface area contributed by atoms with Crippen LogP contribution in [-0.4, -0.2) is 9.13 Å². The standard InChI is InChI=1S/C80H53N3/c1-3-17-68(18-4-1)81(70-40-35-60(36-41-70)65-37-46-78-74(51-65)73-21-11-12-22-77(73)82(78)69-19-5-2-6-20-69)71-42-44-72(45-43-71)83-79-47-38-66(58-27-23-56(24-28-58)63-33-31-54-13-7-9-15-61(54)49-63)52-75(79)76-53-67(39-48-80(76)83)59-29-25-57(26-30-59)64-34-32-55-14-8-10-16-62(55)50-64/h1-53H. The molecule has 0 spiro atoms. The highest BCUT2D eigenvalue weighted by atomic mass is 15.1. The topological polar surface area (TPSA) is 13.1 Å². The smallest absolute Gasteiger partial charge is 0.0541 e. The molecule has 0 saturated carbocycles. The molecule has 16 rings (SSSR count). The zero-order valence-electron chi connectivity index (χ0n) is 45.4. The molecule has 0 fully saturated rings. The fourth-order valence-corrected chi connectivity index (χ4v) is 12.7. The Labute approximate surface area is 482 Å². The first-order chi connectivity index (χ1) is 41.1. The summed E-state index contributed by atoms with van der Waals surface area (Å²) in [7, 11) is 0. The molecule has 0 saturated heterocycles. The van der Waals surface area contributed by atoms with Gasteiger partial charge >= 0.3 is 0 Å². The van der Waals surface area contributed by atoms with Gasteiger partial charge in [-0.15, -0.1) is 0 Å². The molecule has 0 atom stereocenters. The van der Waals surface area contributed by atoms with Crippen molar-refractivity contribution < 1.29 is 0 Å². The first-order valence-corrected chi connectivity index (χ1v) is 28.5. The van der Waals surface area contributed by atoms with Crippen molar-refractivity contribution in [2.45, 2.75) is 0 Å². The SMILES string of the molecule is c1ccc(N(c2ccc(-c3ccc4c(c3)c3ccccc3n4-c3ccccc3)cc2)c2ccc(-n3c4ccc(-c5ccc(-c6ccc7ccccc7c6)cc5)cc4c4cc(-c5ccc(-c6ccc7ccccc7c6)cc5)ccc43)cc2)cc1. The highest BCUT2D eigenvalue weighted by molar-refractivity contribution is 6.12. The predicted octanol–water partition coefficient (Wildman–Crippen LogP) is 22.0. The van der Waals surface area contributed by atoms with Crippen LogP contribution >= 0.6 is 0 Å². The number of hydrogen-bond acceptors (Lipinski definition) is 1. The average molecular weight is 1060 g/mol. The molecule has 0 N–H and O–H groups in total. The second-order valence-electron chi connectivity index (χ2n) is 21.7. The predicted molar refractivity (Wildman–Crippen MR) is 352 cm³/mol. The van der Waals surface area contributed by atoms with Crippen LogP contribution in [0.15, 0.2) is 322 Å².